The lowest BCUT2D eigenvalue weighted by Gasteiger charge is -2.10. The van der Waals surface area contributed by atoms with E-state index < -0.39 is 0 Å². The molecule has 4 N–H and O–H groups in total. The van der Waals surface area contributed by atoms with Gasteiger partial charge in [-0.3, -0.25) is 0 Å². The number of rotatable bonds is 4. The van der Waals surface area contributed by atoms with Crippen molar-refractivity contribution in [2.45, 2.75) is 6.42 Å². The normalized spacial score (nSPS) is 10.2. The number of nitrogens with zero attached hydrogens (tertiary/aromatic N) is 2. The number of aromatic nitrogens is 2. The molecule has 0 amide bonds. The van der Waals surface area contributed by atoms with E-state index in [2.05, 4.69) is 4.98 Å². The molecular weight excluding hydrogens is 232 g/mol. The fourth-order valence-electron chi connectivity index (χ4n) is 1.50. The lowest BCUT2D eigenvalue weighted by atomic mass is 10.2. The summed E-state index contributed by atoms with van der Waals surface area (Å²) in [6, 6.07) is 11.3. The number of hydrogen-bond acceptors (Lipinski definition) is 5. The fraction of sp³-hybridized carbons (Fsp3) is 0.167. The maximum absolute atomic E-state index is 11.2. The van der Waals surface area contributed by atoms with E-state index in [4.69, 9.17) is 16.2 Å². The summed E-state index contributed by atoms with van der Waals surface area (Å²) >= 11 is 0. The molecule has 1 aromatic heterocycles. The molecule has 0 saturated carbocycles. The lowest BCUT2D eigenvalue weighted by molar-refractivity contribution is -0.577. The summed E-state index contributed by atoms with van der Waals surface area (Å²) in [5.74, 6) is 0.00922. The van der Waals surface area contributed by atoms with Crippen molar-refractivity contribution in [1.82, 2.24) is 4.98 Å². The predicted molar refractivity (Wildman–Crippen MR) is 67.7 cm³/mol. The van der Waals surface area contributed by atoms with Gasteiger partial charge < -0.3 is 21.4 Å². The molecule has 2 aromatic rings. The van der Waals surface area contributed by atoms with Gasteiger partial charge in [-0.15, -0.1) is 0 Å². The highest BCUT2D eigenvalue weighted by atomic mass is 16.5. The van der Waals surface area contributed by atoms with Gasteiger partial charge in [0.05, 0.1) is 12.7 Å². The smallest absolute Gasteiger partial charge is 0.347 e. The fourth-order valence-corrected chi connectivity index (χ4v) is 1.50. The topological polar surface area (TPSA) is 101 Å². The molecule has 94 valence electrons. The molecule has 0 aliphatic heterocycles. The van der Waals surface area contributed by atoms with E-state index in [-0.39, 0.29) is 17.6 Å². The first-order valence-corrected chi connectivity index (χ1v) is 5.49. The largest absolute Gasteiger partial charge is 0.754 e. The molecule has 1 heterocycles. The first kappa shape index (κ1) is 12.0. The Bertz CT molecular complexity index is 508. The minimum absolute atomic E-state index is 0.0304. The van der Waals surface area contributed by atoms with Gasteiger partial charge in [-0.25, -0.2) is 4.73 Å². The highest BCUT2D eigenvalue weighted by Crippen LogP contribution is 2.10. The summed E-state index contributed by atoms with van der Waals surface area (Å²) < 4.78 is 5.75. The molecule has 0 radical (unpaired) electrons. The summed E-state index contributed by atoms with van der Waals surface area (Å²) in [5.41, 5.74) is 12.0. The van der Waals surface area contributed by atoms with Crippen LogP contribution in [-0.4, -0.2) is 11.6 Å². The van der Waals surface area contributed by atoms with Crippen LogP contribution in [0.15, 0.2) is 36.4 Å². The third-order valence-electron chi connectivity index (χ3n) is 2.42. The molecule has 0 spiro atoms. The Labute approximate surface area is 104 Å². The average molecular weight is 246 g/mol. The van der Waals surface area contributed by atoms with Crippen molar-refractivity contribution in [2.75, 3.05) is 18.1 Å². The molecule has 0 bridgehead atoms. The Hall–Kier alpha value is -2.50. The first-order valence-electron chi connectivity index (χ1n) is 5.49. The molecule has 0 aliphatic carbocycles. The molecule has 0 atom stereocenters. The van der Waals surface area contributed by atoms with Gasteiger partial charge in [0.15, 0.2) is 5.82 Å². The Morgan fingerprint density at radius 1 is 1.22 bits per heavy atom. The van der Waals surface area contributed by atoms with Crippen LogP contribution < -0.4 is 20.9 Å². The zero-order valence-electron chi connectivity index (χ0n) is 9.74. The molecule has 0 aliphatic rings. The number of anilines is 2. The second kappa shape index (κ2) is 5.22. The molecule has 0 fully saturated rings. The van der Waals surface area contributed by atoms with Crippen molar-refractivity contribution in [2.24, 2.45) is 0 Å². The molecule has 1 aromatic carbocycles. The molecule has 0 saturated heterocycles. The number of nitrogen functional groups attached to an aromatic ring is 2. The second-order valence-corrected chi connectivity index (χ2v) is 3.76. The zero-order chi connectivity index (χ0) is 13.0. The van der Waals surface area contributed by atoms with Crippen molar-refractivity contribution >= 4 is 11.8 Å². The lowest BCUT2D eigenvalue weighted by Crippen LogP contribution is -2.35. The maximum atomic E-state index is 11.2. The van der Waals surface area contributed by atoms with Gasteiger partial charge in [0.1, 0.15) is 0 Å². The molecule has 0 unspecified atom stereocenters. The molecule has 6 nitrogen and oxygen atoms in total. The highest BCUT2D eigenvalue weighted by molar-refractivity contribution is 5.31. The van der Waals surface area contributed by atoms with Crippen molar-refractivity contribution < 1.29 is 9.47 Å². The van der Waals surface area contributed by atoms with Crippen molar-refractivity contribution in [1.29, 1.82) is 0 Å². The number of benzene rings is 1. The van der Waals surface area contributed by atoms with Crippen LogP contribution in [0.4, 0.5) is 11.8 Å². The van der Waals surface area contributed by atoms with Crippen molar-refractivity contribution in [3.63, 3.8) is 0 Å². The monoisotopic (exact) mass is 246 g/mol. The van der Waals surface area contributed by atoms with Gasteiger partial charge in [0.25, 0.3) is 5.88 Å². The van der Waals surface area contributed by atoms with Gasteiger partial charge in [-0.05, 0) is 5.56 Å². The minimum Gasteiger partial charge on any atom is -0.754 e. The van der Waals surface area contributed by atoms with E-state index in [1.165, 1.54) is 6.07 Å². The van der Waals surface area contributed by atoms with Crippen LogP contribution >= 0.6 is 0 Å². The summed E-state index contributed by atoms with van der Waals surface area (Å²) in [5, 5.41) is 11.2. The Kier molecular flexibility index (Phi) is 3.47. The minimum atomic E-state index is -0.218. The molecular formula is C12H14N4O2. The summed E-state index contributed by atoms with van der Waals surface area (Å²) in [4.78, 5) is 3.79. The molecule has 2 rings (SSSR count). The first-order chi connectivity index (χ1) is 8.66. The maximum Gasteiger partial charge on any atom is 0.347 e. The van der Waals surface area contributed by atoms with Crippen molar-refractivity contribution in [3.05, 3.63) is 47.2 Å². The van der Waals surface area contributed by atoms with E-state index in [0.29, 0.717) is 11.3 Å². The number of hydrogen-bond donors (Lipinski definition) is 2. The Balaban J connectivity index is 1.95. The predicted octanol–water partition coefficient (Wildman–Crippen LogP) is 0.501. The second-order valence-electron chi connectivity index (χ2n) is 3.76. The third kappa shape index (κ3) is 2.79. The van der Waals surface area contributed by atoms with E-state index in [1.54, 1.807) is 0 Å². The molecule has 18 heavy (non-hydrogen) atoms. The zero-order valence-corrected chi connectivity index (χ0v) is 9.74. The van der Waals surface area contributed by atoms with E-state index in [0.717, 1.165) is 12.0 Å². The standard InChI is InChI=1S/C12H14N4O2/c13-10-8-11(15-12(14)16(10)17)18-7-6-9-4-2-1-3-5-9/h1-5,8H,6-7,13H2,(H2,14,15). The van der Waals surface area contributed by atoms with Crippen LogP contribution in [0.5, 0.6) is 5.88 Å². The quantitative estimate of drug-likeness (QED) is 0.604. The van der Waals surface area contributed by atoms with Gasteiger partial charge >= 0.3 is 5.95 Å². The summed E-state index contributed by atoms with van der Waals surface area (Å²) in [6.07, 6.45) is 0.745. The van der Waals surface area contributed by atoms with Gasteiger partial charge in [0, 0.05) is 6.42 Å². The molecule has 6 heteroatoms. The SMILES string of the molecule is Nc1cc(OCCc2ccccc2)nc(N)[n+]1[O-]. The van der Waals surface area contributed by atoms with Crippen LogP contribution in [0.2, 0.25) is 0 Å². The summed E-state index contributed by atoms with van der Waals surface area (Å²) in [6.45, 7) is 0.443. The van der Waals surface area contributed by atoms with Crippen LogP contribution in [-0.2, 0) is 6.42 Å². The van der Waals surface area contributed by atoms with Gasteiger partial charge in [-0.1, -0.05) is 35.3 Å². The van der Waals surface area contributed by atoms with Gasteiger partial charge in [0.2, 0.25) is 0 Å². The van der Waals surface area contributed by atoms with Crippen LogP contribution in [0.1, 0.15) is 5.56 Å². The number of nitrogens with two attached hydrogens (primary N) is 2. The van der Waals surface area contributed by atoms with Crippen LogP contribution in [0.3, 0.4) is 0 Å². The van der Waals surface area contributed by atoms with E-state index >= 15 is 0 Å². The highest BCUT2D eigenvalue weighted by Gasteiger charge is 2.08. The average Bonchev–Trinajstić information content (AvgIpc) is 2.37. The van der Waals surface area contributed by atoms with E-state index in [1.807, 2.05) is 30.3 Å². The van der Waals surface area contributed by atoms with E-state index in [9.17, 15) is 5.21 Å². The third-order valence-corrected chi connectivity index (χ3v) is 2.42. The van der Waals surface area contributed by atoms with Crippen LogP contribution in [0, 0.1) is 5.21 Å². The Morgan fingerprint density at radius 3 is 2.61 bits per heavy atom. The summed E-state index contributed by atoms with van der Waals surface area (Å²) in [7, 11) is 0. The number of ether oxygens (including phenoxy) is 1. The van der Waals surface area contributed by atoms with Gasteiger partial charge in [-0.2, -0.15) is 0 Å². The van der Waals surface area contributed by atoms with Crippen LogP contribution in [0.25, 0.3) is 0 Å². The Morgan fingerprint density at radius 2 is 1.94 bits per heavy atom. The van der Waals surface area contributed by atoms with Crippen molar-refractivity contribution in [3.8, 4) is 5.88 Å².